The number of alkyl halides is 2. The van der Waals surface area contributed by atoms with E-state index in [1.54, 1.807) is 12.3 Å². The Bertz CT molecular complexity index is 995. The van der Waals surface area contributed by atoms with Gasteiger partial charge in [-0.2, -0.15) is 0 Å². The summed E-state index contributed by atoms with van der Waals surface area (Å²) in [5.41, 5.74) is 0.981. The van der Waals surface area contributed by atoms with E-state index in [4.69, 9.17) is 9.47 Å². The van der Waals surface area contributed by atoms with Crippen LogP contribution < -0.4 is 19.7 Å². The maximum Gasteiger partial charge on any atom is 0.255 e. The summed E-state index contributed by atoms with van der Waals surface area (Å²) in [5.74, 6) is -1.23. The highest BCUT2D eigenvalue weighted by atomic mass is 19.3. The second kappa shape index (κ2) is 9.39. The summed E-state index contributed by atoms with van der Waals surface area (Å²) < 4.78 is 37.5. The van der Waals surface area contributed by atoms with Crippen molar-refractivity contribution in [1.82, 2.24) is 10.3 Å². The zero-order chi connectivity index (χ0) is 23.7. The molecule has 6 nitrogen and oxygen atoms in total. The lowest BCUT2D eigenvalue weighted by Gasteiger charge is -2.28. The quantitative estimate of drug-likeness (QED) is 0.582. The Balaban J connectivity index is 1.09. The van der Waals surface area contributed by atoms with E-state index in [1.165, 1.54) is 6.42 Å². The number of rotatable bonds is 9. The van der Waals surface area contributed by atoms with E-state index in [0.717, 1.165) is 42.9 Å². The molecule has 0 bridgehead atoms. The predicted molar refractivity (Wildman–Crippen MR) is 125 cm³/mol. The molecule has 3 unspecified atom stereocenters. The van der Waals surface area contributed by atoms with Gasteiger partial charge in [-0.05, 0) is 56.0 Å². The van der Waals surface area contributed by atoms with Crippen molar-refractivity contribution in [3.63, 3.8) is 0 Å². The zero-order valence-corrected chi connectivity index (χ0v) is 19.4. The van der Waals surface area contributed by atoms with Gasteiger partial charge in [0.25, 0.3) is 5.92 Å². The van der Waals surface area contributed by atoms with Crippen molar-refractivity contribution in [2.24, 2.45) is 5.92 Å². The summed E-state index contributed by atoms with van der Waals surface area (Å²) in [4.78, 5) is 19.0. The van der Waals surface area contributed by atoms with Crippen molar-refractivity contribution in [2.75, 3.05) is 24.6 Å². The number of carbonyl (C=O) groups excluding carboxylic acids is 1. The first kappa shape index (κ1) is 22.9. The van der Waals surface area contributed by atoms with E-state index in [-0.39, 0.29) is 31.0 Å². The lowest BCUT2D eigenvalue weighted by molar-refractivity contribution is -0.123. The number of ether oxygens (including phenoxy) is 2. The largest absolute Gasteiger partial charge is 0.491 e. The molecule has 34 heavy (non-hydrogen) atoms. The van der Waals surface area contributed by atoms with Gasteiger partial charge in [-0.15, -0.1) is 0 Å². The van der Waals surface area contributed by atoms with Crippen LogP contribution in [0.3, 0.4) is 0 Å². The smallest absolute Gasteiger partial charge is 0.255 e. The molecule has 8 heteroatoms. The summed E-state index contributed by atoms with van der Waals surface area (Å²) >= 11 is 0. The van der Waals surface area contributed by atoms with Crippen LogP contribution in [0.15, 0.2) is 42.6 Å². The molecule has 182 valence electrons. The van der Waals surface area contributed by atoms with Crippen molar-refractivity contribution in [3.8, 4) is 11.5 Å². The summed E-state index contributed by atoms with van der Waals surface area (Å²) in [7, 11) is 0. The van der Waals surface area contributed by atoms with E-state index < -0.39 is 11.8 Å². The average Bonchev–Trinajstić information content (AvgIpc) is 3.18. The van der Waals surface area contributed by atoms with E-state index in [2.05, 4.69) is 15.2 Å². The summed E-state index contributed by atoms with van der Waals surface area (Å²) in [6, 6.07) is 11.8. The number of nitrogens with one attached hydrogen (secondary N) is 1. The minimum atomic E-state index is -2.57. The van der Waals surface area contributed by atoms with Crippen LogP contribution in [0.25, 0.3) is 0 Å². The maximum absolute atomic E-state index is 13.0. The van der Waals surface area contributed by atoms with Crippen LogP contribution in [0.5, 0.6) is 11.5 Å². The van der Waals surface area contributed by atoms with Crippen LogP contribution in [0.2, 0.25) is 0 Å². The molecule has 1 aromatic carbocycles. The molecule has 2 aromatic rings. The van der Waals surface area contributed by atoms with Crippen molar-refractivity contribution in [2.45, 2.75) is 63.0 Å². The van der Waals surface area contributed by atoms with Gasteiger partial charge in [-0.25, -0.2) is 13.8 Å². The van der Waals surface area contributed by atoms with E-state index >= 15 is 0 Å². The molecule has 0 spiro atoms. The molecule has 1 aromatic heterocycles. The molecule has 3 fully saturated rings. The molecule has 5 rings (SSSR count). The van der Waals surface area contributed by atoms with E-state index in [9.17, 15) is 13.6 Å². The van der Waals surface area contributed by atoms with Gasteiger partial charge >= 0.3 is 0 Å². The van der Waals surface area contributed by atoms with Gasteiger partial charge in [0, 0.05) is 25.4 Å². The minimum absolute atomic E-state index is 0.0242. The van der Waals surface area contributed by atoms with Crippen molar-refractivity contribution < 1.29 is 23.0 Å². The second-order valence-corrected chi connectivity index (χ2v) is 9.73. The van der Waals surface area contributed by atoms with Crippen LogP contribution in [0, 0.1) is 5.92 Å². The molecule has 0 radical (unpaired) electrons. The molecule has 2 heterocycles. The van der Waals surface area contributed by atoms with Gasteiger partial charge < -0.3 is 19.7 Å². The Labute approximate surface area is 198 Å². The number of nitrogens with zero attached hydrogens (tertiary/aromatic N) is 2. The highest BCUT2D eigenvalue weighted by molar-refractivity contribution is 5.83. The molecular weight excluding hydrogens is 440 g/mol. The van der Waals surface area contributed by atoms with Gasteiger partial charge in [0.2, 0.25) is 5.91 Å². The Morgan fingerprint density at radius 1 is 1.18 bits per heavy atom. The number of carbonyl (C=O) groups is 1. The minimum Gasteiger partial charge on any atom is -0.491 e. The third-order valence-corrected chi connectivity index (χ3v) is 7.12. The first-order valence-corrected chi connectivity index (χ1v) is 12.2. The Morgan fingerprint density at radius 2 is 1.91 bits per heavy atom. The van der Waals surface area contributed by atoms with Crippen molar-refractivity contribution in [1.29, 1.82) is 0 Å². The summed E-state index contributed by atoms with van der Waals surface area (Å²) in [6.45, 7) is 3.49. The van der Waals surface area contributed by atoms with Crippen LogP contribution in [0.4, 0.5) is 14.6 Å². The number of benzene rings is 1. The average molecular weight is 472 g/mol. The molecule has 3 aliphatic rings. The lowest BCUT2D eigenvalue weighted by atomic mass is 9.91. The van der Waals surface area contributed by atoms with Gasteiger partial charge in [0.05, 0.1) is 31.2 Å². The molecule has 1 amide bonds. The molecule has 1 aliphatic heterocycles. The summed E-state index contributed by atoms with van der Waals surface area (Å²) in [6.07, 6.45) is 5.77. The van der Waals surface area contributed by atoms with Gasteiger partial charge in [-0.3, -0.25) is 4.79 Å². The normalized spacial score (nSPS) is 24.3. The first-order valence-electron chi connectivity index (χ1n) is 12.2. The Hall–Kier alpha value is -2.90. The van der Waals surface area contributed by atoms with Crippen LogP contribution in [0.1, 0.15) is 50.5 Å². The molecule has 1 N–H and O–H groups in total. The number of amides is 1. The topological polar surface area (TPSA) is 63.7 Å². The standard InChI is InChI=1S/C26H31F2N3O3/c1-17(25(32)30-20-3-2-4-20)18-5-7-21(8-6-18)34-23-11-12-31(15-23)24-10-9-22(14-29-24)33-16-19-13-26(19,27)28/h5-10,14,17,19-20,23H,2-4,11-13,15-16H2,1H3,(H,30,32). The second-order valence-electron chi connectivity index (χ2n) is 9.73. The highest BCUT2D eigenvalue weighted by Gasteiger charge is 2.57. The van der Waals surface area contributed by atoms with Crippen LogP contribution in [-0.4, -0.2) is 48.7 Å². The van der Waals surface area contributed by atoms with Crippen molar-refractivity contribution >= 4 is 11.7 Å². The van der Waals surface area contributed by atoms with Crippen LogP contribution in [-0.2, 0) is 4.79 Å². The molecule has 2 aliphatic carbocycles. The Morgan fingerprint density at radius 3 is 2.53 bits per heavy atom. The van der Waals surface area contributed by atoms with Gasteiger partial charge in [0.1, 0.15) is 23.4 Å². The Kier molecular flexibility index (Phi) is 6.32. The molecule has 1 saturated heterocycles. The van der Waals surface area contributed by atoms with Crippen LogP contribution >= 0.6 is 0 Å². The zero-order valence-electron chi connectivity index (χ0n) is 19.4. The highest BCUT2D eigenvalue weighted by Crippen LogP contribution is 2.48. The number of pyridine rings is 1. The fourth-order valence-corrected chi connectivity index (χ4v) is 4.38. The fraction of sp³-hybridized carbons (Fsp3) is 0.538. The number of halogens is 2. The third kappa shape index (κ3) is 5.26. The fourth-order valence-electron chi connectivity index (χ4n) is 4.38. The predicted octanol–water partition coefficient (Wildman–Crippen LogP) is 4.55. The van der Waals surface area contributed by atoms with E-state index in [0.29, 0.717) is 18.3 Å². The monoisotopic (exact) mass is 471 g/mol. The third-order valence-electron chi connectivity index (χ3n) is 7.12. The molecule has 2 saturated carbocycles. The number of hydrogen-bond acceptors (Lipinski definition) is 5. The molecule has 3 atom stereocenters. The molecular formula is C26H31F2N3O3. The number of aromatic nitrogens is 1. The SMILES string of the molecule is CC(C(=O)NC1CCC1)c1ccc(OC2CCN(c3ccc(OCC4CC4(F)F)cn3)C2)cc1. The number of hydrogen-bond donors (Lipinski definition) is 1. The van der Waals surface area contributed by atoms with E-state index in [1.807, 2.05) is 37.3 Å². The van der Waals surface area contributed by atoms with Gasteiger partial charge in [0.15, 0.2) is 0 Å². The van der Waals surface area contributed by atoms with Gasteiger partial charge in [-0.1, -0.05) is 12.1 Å². The maximum atomic E-state index is 13.0. The number of anilines is 1. The first-order chi connectivity index (χ1) is 16.4. The van der Waals surface area contributed by atoms with Crippen molar-refractivity contribution in [3.05, 3.63) is 48.2 Å². The summed E-state index contributed by atoms with van der Waals surface area (Å²) in [5, 5.41) is 3.11. The lowest BCUT2D eigenvalue weighted by Crippen LogP contribution is -2.41.